The molecule has 0 aliphatic rings. The van der Waals surface area contributed by atoms with Crippen molar-refractivity contribution in [1.82, 2.24) is 10.3 Å². The molecule has 1 amide bonds. The van der Waals surface area contributed by atoms with Gasteiger partial charge in [0.05, 0.1) is 5.01 Å². The van der Waals surface area contributed by atoms with Crippen LogP contribution in [0.25, 0.3) is 0 Å². The van der Waals surface area contributed by atoms with Gasteiger partial charge in [-0.25, -0.2) is 9.78 Å². The number of rotatable bonds is 4. The molecule has 1 unspecified atom stereocenters. The number of amides is 1. The zero-order valence-corrected chi connectivity index (χ0v) is 10.2. The van der Waals surface area contributed by atoms with Gasteiger partial charge in [0.15, 0.2) is 0 Å². The maximum absolute atomic E-state index is 11.6. The van der Waals surface area contributed by atoms with Crippen LogP contribution < -0.4 is 5.32 Å². The number of carbonyl (C=O) groups excluding carboxylic acids is 1. The number of aliphatic carboxylic acids is 1. The van der Waals surface area contributed by atoms with Crippen LogP contribution in [0.1, 0.15) is 29.3 Å². The van der Waals surface area contributed by atoms with Gasteiger partial charge in [0.25, 0.3) is 5.91 Å². The number of carboxylic acids is 1. The molecule has 1 atom stereocenters. The van der Waals surface area contributed by atoms with Gasteiger partial charge in [0.1, 0.15) is 11.7 Å². The average molecular weight is 242 g/mol. The standard InChI is InChI=1S/C10H14N2O3S/c1-5(2)8(10(14)15)12-9(13)7-4-16-6(3)11-7/h4-5,8H,1-3H3,(H,12,13)(H,14,15). The van der Waals surface area contributed by atoms with Gasteiger partial charge in [-0.15, -0.1) is 11.3 Å². The van der Waals surface area contributed by atoms with Gasteiger partial charge >= 0.3 is 5.97 Å². The number of aromatic nitrogens is 1. The third-order valence-corrected chi connectivity index (χ3v) is 2.84. The van der Waals surface area contributed by atoms with E-state index in [1.165, 1.54) is 11.3 Å². The molecule has 1 rings (SSSR count). The Hall–Kier alpha value is -1.43. The Bertz CT molecular complexity index is 401. The quantitative estimate of drug-likeness (QED) is 0.833. The van der Waals surface area contributed by atoms with Crippen molar-refractivity contribution in [1.29, 1.82) is 0 Å². The van der Waals surface area contributed by atoms with Gasteiger partial charge in [0, 0.05) is 5.38 Å². The first kappa shape index (κ1) is 12.6. The Morgan fingerprint density at radius 1 is 1.50 bits per heavy atom. The lowest BCUT2D eigenvalue weighted by Gasteiger charge is -2.16. The maximum Gasteiger partial charge on any atom is 0.326 e. The highest BCUT2D eigenvalue weighted by Gasteiger charge is 2.24. The first-order chi connectivity index (χ1) is 7.41. The lowest BCUT2D eigenvalue weighted by molar-refractivity contribution is -0.140. The Morgan fingerprint density at radius 2 is 2.12 bits per heavy atom. The van der Waals surface area contributed by atoms with Crippen LogP contribution in [0, 0.1) is 12.8 Å². The highest BCUT2D eigenvalue weighted by molar-refractivity contribution is 7.09. The third-order valence-electron chi connectivity index (χ3n) is 2.07. The monoisotopic (exact) mass is 242 g/mol. The summed E-state index contributed by atoms with van der Waals surface area (Å²) in [7, 11) is 0. The predicted molar refractivity (Wildman–Crippen MR) is 60.6 cm³/mol. The van der Waals surface area contributed by atoms with Gasteiger partial charge in [-0.3, -0.25) is 4.79 Å². The van der Waals surface area contributed by atoms with Crippen LogP contribution >= 0.6 is 11.3 Å². The number of thiazole rings is 1. The van der Waals surface area contributed by atoms with Crippen LogP contribution in [0.2, 0.25) is 0 Å². The van der Waals surface area contributed by atoms with Crippen LogP contribution in [0.15, 0.2) is 5.38 Å². The molecule has 0 aliphatic carbocycles. The molecule has 5 nitrogen and oxygen atoms in total. The second-order valence-corrected chi connectivity index (χ2v) is 4.85. The van der Waals surface area contributed by atoms with Crippen molar-refractivity contribution in [2.45, 2.75) is 26.8 Å². The summed E-state index contributed by atoms with van der Waals surface area (Å²) >= 11 is 1.36. The van der Waals surface area contributed by atoms with Crippen molar-refractivity contribution < 1.29 is 14.7 Å². The summed E-state index contributed by atoms with van der Waals surface area (Å²) in [5.41, 5.74) is 0.273. The maximum atomic E-state index is 11.6. The molecule has 0 radical (unpaired) electrons. The summed E-state index contributed by atoms with van der Waals surface area (Å²) in [6.45, 7) is 5.27. The minimum Gasteiger partial charge on any atom is -0.480 e. The van der Waals surface area contributed by atoms with Crippen LogP contribution in [0.4, 0.5) is 0 Å². The number of carboxylic acid groups (broad SMARTS) is 1. The van der Waals surface area contributed by atoms with Gasteiger partial charge in [0.2, 0.25) is 0 Å². The normalized spacial score (nSPS) is 12.5. The molecule has 0 bridgehead atoms. The molecule has 2 N–H and O–H groups in total. The van der Waals surface area contributed by atoms with E-state index in [4.69, 9.17) is 5.11 Å². The van der Waals surface area contributed by atoms with Crippen LogP contribution in [0.5, 0.6) is 0 Å². The number of nitrogens with zero attached hydrogens (tertiary/aromatic N) is 1. The molecule has 1 aromatic heterocycles. The lowest BCUT2D eigenvalue weighted by atomic mass is 10.0. The van der Waals surface area contributed by atoms with E-state index in [9.17, 15) is 9.59 Å². The van der Waals surface area contributed by atoms with Crippen molar-refractivity contribution in [3.05, 3.63) is 16.1 Å². The molecule has 1 heterocycles. The molecule has 0 saturated heterocycles. The van der Waals surface area contributed by atoms with E-state index in [1.54, 1.807) is 26.2 Å². The zero-order chi connectivity index (χ0) is 12.3. The molecule has 6 heteroatoms. The van der Waals surface area contributed by atoms with E-state index in [2.05, 4.69) is 10.3 Å². The Labute approximate surface area is 97.5 Å². The van der Waals surface area contributed by atoms with E-state index in [-0.39, 0.29) is 11.6 Å². The highest BCUT2D eigenvalue weighted by Crippen LogP contribution is 2.09. The van der Waals surface area contributed by atoms with Gasteiger partial charge in [-0.2, -0.15) is 0 Å². The van der Waals surface area contributed by atoms with E-state index in [1.807, 2.05) is 0 Å². The Morgan fingerprint density at radius 3 is 2.50 bits per heavy atom. The number of hydrogen-bond donors (Lipinski definition) is 2. The summed E-state index contributed by atoms with van der Waals surface area (Å²) in [5.74, 6) is -1.64. The minimum atomic E-state index is -1.03. The average Bonchev–Trinajstić information content (AvgIpc) is 2.59. The van der Waals surface area contributed by atoms with Gasteiger partial charge < -0.3 is 10.4 Å². The van der Waals surface area contributed by atoms with E-state index < -0.39 is 17.9 Å². The van der Waals surface area contributed by atoms with Gasteiger partial charge in [-0.1, -0.05) is 13.8 Å². The molecular formula is C10H14N2O3S. The molecule has 0 fully saturated rings. The largest absolute Gasteiger partial charge is 0.480 e. The van der Waals surface area contributed by atoms with Crippen molar-refractivity contribution in [3.8, 4) is 0 Å². The topological polar surface area (TPSA) is 79.3 Å². The summed E-state index contributed by atoms with van der Waals surface area (Å²) < 4.78 is 0. The number of hydrogen-bond acceptors (Lipinski definition) is 4. The summed E-state index contributed by atoms with van der Waals surface area (Å²) in [5, 5.41) is 13.8. The second-order valence-electron chi connectivity index (χ2n) is 3.79. The highest BCUT2D eigenvalue weighted by atomic mass is 32.1. The van der Waals surface area contributed by atoms with Crippen molar-refractivity contribution in [2.24, 2.45) is 5.92 Å². The number of nitrogens with one attached hydrogen (secondary N) is 1. The fourth-order valence-electron chi connectivity index (χ4n) is 1.20. The predicted octanol–water partition coefficient (Wildman–Crippen LogP) is 1.29. The van der Waals surface area contributed by atoms with Crippen LogP contribution in [0.3, 0.4) is 0 Å². The van der Waals surface area contributed by atoms with Crippen molar-refractivity contribution in [3.63, 3.8) is 0 Å². The molecule has 88 valence electrons. The smallest absolute Gasteiger partial charge is 0.326 e. The van der Waals surface area contributed by atoms with Crippen LogP contribution in [-0.4, -0.2) is 28.0 Å². The molecule has 0 aromatic carbocycles. The minimum absolute atomic E-state index is 0.166. The SMILES string of the molecule is Cc1nc(C(=O)NC(C(=O)O)C(C)C)cs1. The Kier molecular flexibility index (Phi) is 4.00. The Balaban J connectivity index is 2.73. The molecule has 0 aliphatic heterocycles. The summed E-state index contributed by atoms with van der Waals surface area (Å²) in [4.78, 5) is 26.5. The third kappa shape index (κ3) is 3.03. The van der Waals surface area contributed by atoms with E-state index >= 15 is 0 Å². The van der Waals surface area contributed by atoms with Crippen LogP contribution in [-0.2, 0) is 4.79 Å². The number of aryl methyl sites for hydroxylation is 1. The molecule has 0 spiro atoms. The molecular weight excluding hydrogens is 228 g/mol. The molecule has 0 saturated carbocycles. The fourth-order valence-corrected chi connectivity index (χ4v) is 1.79. The lowest BCUT2D eigenvalue weighted by Crippen LogP contribution is -2.44. The summed E-state index contributed by atoms with van der Waals surface area (Å²) in [6.07, 6.45) is 0. The molecule has 1 aromatic rings. The van der Waals surface area contributed by atoms with E-state index in [0.29, 0.717) is 0 Å². The first-order valence-electron chi connectivity index (χ1n) is 4.87. The molecule has 16 heavy (non-hydrogen) atoms. The first-order valence-corrected chi connectivity index (χ1v) is 5.75. The fraction of sp³-hybridized carbons (Fsp3) is 0.500. The number of carbonyl (C=O) groups is 2. The second kappa shape index (κ2) is 5.07. The van der Waals surface area contributed by atoms with Gasteiger partial charge in [-0.05, 0) is 12.8 Å². The zero-order valence-electron chi connectivity index (χ0n) is 9.35. The summed E-state index contributed by atoms with van der Waals surface area (Å²) in [6, 6.07) is -0.880. The van der Waals surface area contributed by atoms with Crippen molar-refractivity contribution >= 4 is 23.2 Å². The van der Waals surface area contributed by atoms with E-state index in [0.717, 1.165) is 5.01 Å². The van der Waals surface area contributed by atoms with Crippen molar-refractivity contribution in [2.75, 3.05) is 0 Å².